The molecule has 0 unspecified atom stereocenters. The van der Waals surface area contributed by atoms with Crippen molar-refractivity contribution in [3.05, 3.63) is 60.2 Å². The number of rotatable bonds is 12. The zero-order valence-corrected chi connectivity index (χ0v) is 22.2. The minimum atomic E-state index is -1.34. The van der Waals surface area contributed by atoms with Crippen molar-refractivity contribution in [3.63, 3.8) is 0 Å². The van der Waals surface area contributed by atoms with Crippen LogP contribution in [0.15, 0.2) is 54.6 Å². The Labute approximate surface area is 214 Å². The maximum Gasteiger partial charge on any atom is 0.506 e. The Morgan fingerprint density at radius 2 is 1.61 bits per heavy atom. The quantitative estimate of drug-likeness (QED) is 0.342. The number of hydrogen-bond acceptors (Lipinski definition) is 6. The molecule has 2 N–H and O–H groups in total. The second kappa shape index (κ2) is 13.0. The highest BCUT2D eigenvalue weighted by molar-refractivity contribution is 5.68. The van der Waals surface area contributed by atoms with E-state index in [0.717, 1.165) is 11.3 Å². The van der Waals surface area contributed by atoms with Gasteiger partial charge in [0.1, 0.15) is 17.0 Å². The lowest BCUT2D eigenvalue weighted by Gasteiger charge is -2.33. The number of para-hydroxylation sites is 1. The van der Waals surface area contributed by atoms with Gasteiger partial charge >= 0.3 is 12.2 Å². The molecule has 36 heavy (non-hydrogen) atoms. The summed E-state index contributed by atoms with van der Waals surface area (Å²) in [5.74, 6) is 0.492. The van der Waals surface area contributed by atoms with E-state index in [1.807, 2.05) is 82.4 Å². The van der Waals surface area contributed by atoms with Gasteiger partial charge in [-0.15, -0.1) is 0 Å². The van der Waals surface area contributed by atoms with Crippen molar-refractivity contribution >= 4 is 17.9 Å². The van der Waals surface area contributed by atoms with E-state index in [0.29, 0.717) is 31.7 Å². The molecule has 0 aliphatic carbocycles. The minimum absolute atomic E-state index is 0.209. The van der Waals surface area contributed by atoms with Crippen LogP contribution in [0, 0.1) is 5.92 Å². The number of amides is 1. The lowest BCUT2D eigenvalue weighted by atomic mass is 9.93. The normalized spacial score (nSPS) is 12.4. The number of ether oxygens (including phenoxy) is 3. The SMILES string of the molecule is CNc1ccc(CCN(C[C@@H](COc2ccccc2)CC(C)(C)OC(=O)O)C(=O)OC(C)(C)C)cc1. The van der Waals surface area contributed by atoms with Crippen molar-refractivity contribution in [3.8, 4) is 5.75 Å². The molecule has 2 aromatic carbocycles. The summed E-state index contributed by atoms with van der Waals surface area (Å²) in [7, 11) is 1.87. The van der Waals surface area contributed by atoms with Gasteiger partial charge in [-0.25, -0.2) is 9.59 Å². The monoisotopic (exact) mass is 500 g/mol. The summed E-state index contributed by atoms with van der Waals surface area (Å²) < 4.78 is 16.8. The van der Waals surface area contributed by atoms with E-state index >= 15 is 0 Å². The largest absolute Gasteiger partial charge is 0.506 e. The number of nitrogens with one attached hydrogen (secondary N) is 1. The molecule has 0 aliphatic heterocycles. The highest BCUT2D eigenvalue weighted by atomic mass is 16.7. The van der Waals surface area contributed by atoms with Gasteiger partial charge in [-0.05, 0) is 77.3 Å². The first kappa shape index (κ1) is 28.8. The van der Waals surface area contributed by atoms with Crippen molar-refractivity contribution in [2.24, 2.45) is 5.92 Å². The number of carboxylic acid groups (broad SMARTS) is 1. The van der Waals surface area contributed by atoms with Gasteiger partial charge in [-0.1, -0.05) is 30.3 Å². The van der Waals surface area contributed by atoms with Crippen LogP contribution in [-0.2, 0) is 15.9 Å². The number of hydrogen-bond donors (Lipinski definition) is 2. The Morgan fingerprint density at radius 1 is 0.972 bits per heavy atom. The molecule has 8 heteroatoms. The van der Waals surface area contributed by atoms with Crippen LogP contribution in [-0.4, -0.2) is 60.2 Å². The standard InChI is InChI=1S/C28H40N2O6/c1-27(2,3)35-25(31)30(17-16-21-12-14-23(29-6)15-13-21)19-22(18-28(4,5)36-26(32)33)20-34-24-10-8-7-9-11-24/h7-15,22,29H,16-20H2,1-6H3,(H,32,33)/t22-/m0/s1. The van der Waals surface area contributed by atoms with Gasteiger partial charge < -0.3 is 29.5 Å². The molecule has 198 valence electrons. The summed E-state index contributed by atoms with van der Waals surface area (Å²) in [6, 6.07) is 17.4. The Bertz CT molecular complexity index is 954. The zero-order chi connectivity index (χ0) is 26.8. The first-order valence-corrected chi connectivity index (χ1v) is 12.2. The number of carbonyl (C=O) groups is 2. The third-order valence-electron chi connectivity index (χ3n) is 5.42. The summed E-state index contributed by atoms with van der Waals surface area (Å²) in [5, 5.41) is 12.3. The van der Waals surface area contributed by atoms with Gasteiger partial charge in [-0.3, -0.25) is 0 Å². The van der Waals surface area contributed by atoms with Gasteiger partial charge in [0, 0.05) is 31.7 Å². The van der Waals surface area contributed by atoms with Crippen LogP contribution in [0.2, 0.25) is 0 Å². The fraction of sp³-hybridized carbons (Fsp3) is 0.500. The highest BCUT2D eigenvalue weighted by Gasteiger charge is 2.31. The fourth-order valence-corrected chi connectivity index (χ4v) is 3.88. The molecular formula is C28H40N2O6. The molecule has 2 aromatic rings. The lowest BCUT2D eigenvalue weighted by molar-refractivity contribution is -0.0208. The number of anilines is 1. The molecule has 1 atom stereocenters. The second-order valence-corrected chi connectivity index (χ2v) is 10.4. The maximum atomic E-state index is 13.2. The van der Waals surface area contributed by atoms with Gasteiger partial charge in [0.05, 0.1) is 6.61 Å². The van der Waals surface area contributed by atoms with E-state index in [1.54, 1.807) is 18.7 Å². The van der Waals surface area contributed by atoms with E-state index in [4.69, 9.17) is 14.2 Å². The Hall–Kier alpha value is -3.42. The van der Waals surface area contributed by atoms with Crippen molar-refractivity contribution in [2.75, 3.05) is 32.1 Å². The van der Waals surface area contributed by atoms with Crippen LogP contribution in [0.4, 0.5) is 15.3 Å². The van der Waals surface area contributed by atoms with Crippen LogP contribution >= 0.6 is 0 Å². The molecule has 0 saturated carbocycles. The fourth-order valence-electron chi connectivity index (χ4n) is 3.88. The first-order chi connectivity index (χ1) is 16.9. The number of carbonyl (C=O) groups excluding carboxylic acids is 1. The van der Waals surface area contributed by atoms with Crippen LogP contribution in [0.1, 0.15) is 46.6 Å². The van der Waals surface area contributed by atoms with Crippen molar-refractivity contribution in [1.82, 2.24) is 4.90 Å². The summed E-state index contributed by atoms with van der Waals surface area (Å²) in [4.78, 5) is 26.1. The van der Waals surface area contributed by atoms with Crippen molar-refractivity contribution < 1.29 is 28.9 Å². The van der Waals surface area contributed by atoms with Gasteiger partial charge in [0.25, 0.3) is 0 Å². The number of benzene rings is 2. The predicted octanol–water partition coefficient (Wildman–Crippen LogP) is 6.07. The molecule has 0 saturated heterocycles. The van der Waals surface area contributed by atoms with E-state index in [1.165, 1.54) is 0 Å². The average molecular weight is 501 g/mol. The van der Waals surface area contributed by atoms with Crippen LogP contribution in [0.3, 0.4) is 0 Å². The van der Waals surface area contributed by atoms with Crippen LogP contribution < -0.4 is 10.1 Å². The highest BCUT2D eigenvalue weighted by Crippen LogP contribution is 2.24. The van der Waals surface area contributed by atoms with Gasteiger partial charge in [0.2, 0.25) is 0 Å². The molecular weight excluding hydrogens is 460 g/mol. The van der Waals surface area contributed by atoms with Crippen LogP contribution in [0.5, 0.6) is 5.75 Å². The summed E-state index contributed by atoms with van der Waals surface area (Å²) in [5.41, 5.74) is 0.501. The van der Waals surface area contributed by atoms with E-state index in [9.17, 15) is 14.7 Å². The maximum absolute atomic E-state index is 13.2. The molecule has 2 rings (SSSR count). The molecule has 0 aromatic heterocycles. The third kappa shape index (κ3) is 10.9. The minimum Gasteiger partial charge on any atom is -0.493 e. The Morgan fingerprint density at radius 3 is 2.17 bits per heavy atom. The van der Waals surface area contributed by atoms with E-state index in [2.05, 4.69) is 5.32 Å². The topological polar surface area (TPSA) is 97.3 Å². The van der Waals surface area contributed by atoms with E-state index < -0.39 is 23.5 Å². The van der Waals surface area contributed by atoms with Crippen LogP contribution in [0.25, 0.3) is 0 Å². The molecule has 0 aliphatic rings. The van der Waals surface area contributed by atoms with Crippen molar-refractivity contribution in [1.29, 1.82) is 0 Å². The molecule has 1 amide bonds. The van der Waals surface area contributed by atoms with Gasteiger partial charge in [0.15, 0.2) is 0 Å². The number of nitrogens with zero attached hydrogens (tertiary/aromatic N) is 1. The Balaban J connectivity index is 2.21. The first-order valence-electron chi connectivity index (χ1n) is 12.2. The lowest BCUT2D eigenvalue weighted by Crippen LogP contribution is -2.43. The molecule has 0 radical (unpaired) electrons. The summed E-state index contributed by atoms with van der Waals surface area (Å²) in [6.45, 7) is 9.98. The van der Waals surface area contributed by atoms with Crippen molar-refractivity contribution in [2.45, 2.75) is 58.7 Å². The van der Waals surface area contributed by atoms with Gasteiger partial charge in [-0.2, -0.15) is 0 Å². The second-order valence-electron chi connectivity index (χ2n) is 10.4. The summed E-state index contributed by atoms with van der Waals surface area (Å²) in [6.07, 6.45) is -0.750. The molecule has 0 bridgehead atoms. The van der Waals surface area contributed by atoms with E-state index in [-0.39, 0.29) is 12.5 Å². The third-order valence-corrected chi connectivity index (χ3v) is 5.42. The average Bonchev–Trinajstić information content (AvgIpc) is 2.78. The molecule has 0 fully saturated rings. The predicted molar refractivity (Wildman–Crippen MR) is 141 cm³/mol. The summed E-state index contributed by atoms with van der Waals surface area (Å²) >= 11 is 0. The smallest absolute Gasteiger partial charge is 0.493 e. The Kier molecular flexibility index (Phi) is 10.4. The molecule has 8 nitrogen and oxygen atoms in total. The molecule has 0 heterocycles. The zero-order valence-electron chi connectivity index (χ0n) is 22.2. The molecule has 0 spiro atoms.